The standard InChI is InChI=1S/C25H34F2O6/c1-5-21(32)33-25(20(31)12-28)13(2)8-15-16-10-18(26)17-9-14(29)6-7-22(17,3)24(16,27)19(30)11-23(15,25)4/h9,13,15-16,18-19,28,30H,5-8,10-12H2,1-4H3/t13?,15-,16-,18?,19?,22-,23-,24-,25-/m0/s1. The third kappa shape index (κ3) is 2.86. The van der Waals surface area contributed by atoms with Gasteiger partial charge in [-0.1, -0.05) is 27.7 Å². The number of carbonyl (C=O) groups is 3. The fourth-order valence-corrected chi connectivity index (χ4v) is 8.12. The van der Waals surface area contributed by atoms with Gasteiger partial charge in [0, 0.05) is 35.5 Å². The Labute approximate surface area is 192 Å². The van der Waals surface area contributed by atoms with Gasteiger partial charge in [-0.15, -0.1) is 0 Å². The second-order valence-electron chi connectivity index (χ2n) is 11.0. The van der Waals surface area contributed by atoms with Crippen LogP contribution in [0.15, 0.2) is 11.6 Å². The first-order chi connectivity index (χ1) is 15.3. The average Bonchev–Trinajstić information content (AvgIpc) is 2.98. The van der Waals surface area contributed by atoms with E-state index in [1.807, 2.05) is 0 Å². The SMILES string of the molecule is CCC(=O)O[C@]1(C(=O)CO)C(C)C[C@H]2[C@@H]3CC(F)C4=CC(=O)CC[C@]4(C)[C@@]3(F)C(O)C[C@@]21C. The van der Waals surface area contributed by atoms with Gasteiger partial charge in [-0.2, -0.15) is 0 Å². The highest BCUT2D eigenvalue weighted by Crippen LogP contribution is 2.72. The molecule has 0 radical (unpaired) electrons. The van der Waals surface area contributed by atoms with Crippen LogP contribution < -0.4 is 0 Å². The van der Waals surface area contributed by atoms with Crippen LogP contribution in [0.2, 0.25) is 0 Å². The second kappa shape index (κ2) is 7.67. The van der Waals surface area contributed by atoms with Crippen molar-refractivity contribution in [3.63, 3.8) is 0 Å². The molecule has 3 fully saturated rings. The molecule has 4 aliphatic carbocycles. The predicted octanol–water partition coefficient (Wildman–Crippen LogP) is 3.03. The van der Waals surface area contributed by atoms with Gasteiger partial charge in [0.05, 0.1) is 6.10 Å². The molecule has 3 unspecified atom stereocenters. The van der Waals surface area contributed by atoms with Crippen LogP contribution in [-0.4, -0.2) is 57.9 Å². The Morgan fingerprint density at radius 1 is 1.24 bits per heavy atom. The molecular weight excluding hydrogens is 434 g/mol. The van der Waals surface area contributed by atoms with E-state index in [0.29, 0.717) is 6.42 Å². The molecule has 0 saturated heterocycles. The van der Waals surface area contributed by atoms with Crippen molar-refractivity contribution < 1.29 is 38.1 Å². The molecule has 2 N–H and O–H groups in total. The van der Waals surface area contributed by atoms with Crippen molar-refractivity contribution in [2.24, 2.45) is 28.6 Å². The zero-order valence-corrected chi connectivity index (χ0v) is 19.7. The van der Waals surface area contributed by atoms with Crippen molar-refractivity contribution in [3.8, 4) is 0 Å². The smallest absolute Gasteiger partial charge is 0.306 e. The van der Waals surface area contributed by atoms with Crippen molar-refractivity contribution in [2.45, 2.75) is 89.8 Å². The number of ether oxygens (including phenoxy) is 1. The molecule has 0 aliphatic heterocycles. The lowest BCUT2D eigenvalue weighted by Crippen LogP contribution is -2.71. The Balaban J connectivity index is 1.87. The zero-order valence-electron chi connectivity index (χ0n) is 19.7. The maximum Gasteiger partial charge on any atom is 0.306 e. The summed E-state index contributed by atoms with van der Waals surface area (Å²) < 4.78 is 38.5. The van der Waals surface area contributed by atoms with Gasteiger partial charge in [0.15, 0.2) is 11.4 Å². The van der Waals surface area contributed by atoms with Crippen LogP contribution in [0.1, 0.15) is 66.2 Å². The molecule has 0 aromatic carbocycles. The number of esters is 1. The first-order valence-electron chi connectivity index (χ1n) is 11.9. The number of aliphatic hydroxyl groups excluding tert-OH is 2. The summed E-state index contributed by atoms with van der Waals surface area (Å²) in [4.78, 5) is 37.6. The molecule has 4 aliphatic rings. The monoisotopic (exact) mass is 468 g/mol. The third-order valence-electron chi connectivity index (χ3n) is 9.69. The fourth-order valence-electron chi connectivity index (χ4n) is 8.12. The molecule has 4 rings (SSSR count). The summed E-state index contributed by atoms with van der Waals surface area (Å²) in [6.07, 6.45) is -1.79. The molecule has 33 heavy (non-hydrogen) atoms. The van der Waals surface area contributed by atoms with Crippen LogP contribution in [0.5, 0.6) is 0 Å². The second-order valence-corrected chi connectivity index (χ2v) is 11.0. The Hall–Kier alpha value is -1.67. The first-order valence-corrected chi connectivity index (χ1v) is 11.9. The topological polar surface area (TPSA) is 101 Å². The van der Waals surface area contributed by atoms with Crippen LogP contribution in [0.3, 0.4) is 0 Å². The largest absolute Gasteiger partial charge is 0.450 e. The van der Waals surface area contributed by atoms with Gasteiger partial charge in [-0.25, -0.2) is 8.78 Å². The highest BCUT2D eigenvalue weighted by Gasteiger charge is 2.78. The van der Waals surface area contributed by atoms with Gasteiger partial charge in [-0.05, 0) is 43.3 Å². The number of Topliss-reactive ketones (excluding diaryl/α,β-unsaturated/α-hetero) is 1. The van der Waals surface area contributed by atoms with Gasteiger partial charge >= 0.3 is 5.97 Å². The van der Waals surface area contributed by atoms with Crippen molar-refractivity contribution in [1.82, 2.24) is 0 Å². The normalized spacial score (nSPS) is 48.9. The van der Waals surface area contributed by atoms with E-state index < -0.39 is 70.5 Å². The molecular formula is C25H34F2O6. The van der Waals surface area contributed by atoms with E-state index in [2.05, 4.69) is 0 Å². The highest BCUT2D eigenvalue weighted by atomic mass is 19.1. The van der Waals surface area contributed by atoms with Gasteiger partial charge < -0.3 is 14.9 Å². The summed E-state index contributed by atoms with van der Waals surface area (Å²) in [5.74, 6) is -3.58. The molecule has 9 atom stereocenters. The summed E-state index contributed by atoms with van der Waals surface area (Å²) in [6.45, 7) is 5.76. The minimum Gasteiger partial charge on any atom is -0.450 e. The molecule has 0 amide bonds. The van der Waals surface area contributed by atoms with Gasteiger partial charge in [0.25, 0.3) is 0 Å². The van der Waals surface area contributed by atoms with Crippen LogP contribution in [0.4, 0.5) is 8.78 Å². The third-order valence-corrected chi connectivity index (χ3v) is 9.69. The summed E-state index contributed by atoms with van der Waals surface area (Å²) in [6, 6.07) is 0. The van der Waals surface area contributed by atoms with Crippen LogP contribution in [0.25, 0.3) is 0 Å². The number of carbonyl (C=O) groups excluding carboxylic acids is 3. The molecule has 0 aromatic heterocycles. The molecule has 0 aromatic rings. The summed E-state index contributed by atoms with van der Waals surface area (Å²) in [5, 5.41) is 21.2. The van der Waals surface area contributed by atoms with Crippen LogP contribution in [-0.2, 0) is 19.1 Å². The highest BCUT2D eigenvalue weighted by molar-refractivity contribution is 5.93. The molecule has 6 nitrogen and oxygen atoms in total. The minimum atomic E-state index is -2.20. The first kappa shape index (κ1) is 24.5. The molecule has 0 spiro atoms. The van der Waals surface area contributed by atoms with Gasteiger partial charge in [0.2, 0.25) is 5.78 Å². The van der Waals surface area contributed by atoms with Gasteiger partial charge in [-0.3, -0.25) is 14.4 Å². The average molecular weight is 469 g/mol. The number of allylic oxidation sites excluding steroid dienone is 1. The number of hydrogen-bond donors (Lipinski definition) is 2. The number of hydrogen-bond acceptors (Lipinski definition) is 6. The number of fused-ring (bicyclic) bond motifs is 5. The van der Waals surface area contributed by atoms with E-state index >= 15 is 8.78 Å². The molecule has 184 valence electrons. The summed E-state index contributed by atoms with van der Waals surface area (Å²) in [7, 11) is 0. The lowest BCUT2D eigenvalue weighted by Gasteiger charge is -2.64. The Morgan fingerprint density at radius 3 is 2.52 bits per heavy atom. The van der Waals surface area contributed by atoms with E-state index in [9.17, 15) is 24.6 Å². The number of ketones is 2. The van der Waals surface area contributed by atoms with E-state index in [0.717, 1.165) is 0 Å². The van der Waals surface area contributed by atoms with Crippen molar-refractivity contribution in [3.05, 3.63) is 11.6 Å². The number of aliphatic hydroxyl groups is 2. The Bertz CT molecular complexity index is 919. The Morgan fingerprint density at radius 2 is 1.91 bits per heavy atom. The minimum absolute atomic E-state index is 0.0137. The van der Waals surface area contributed by atoms with Crippen molar-refractivity contribution in [2.75, 3.05) is 6.61 Å². The molecule has 8 heteroatoms. The zero-order chi connectivity index (χ0) is 24.6. The van der Waals surface area contributed by atoms with E-state index in [-0.39, 0.29) is 43.5 Å². The van der Waals surface area contributed by atoms with Crippen molar-refractivity contribution in [1.29, 1.82) is 0 Å². The maximum absolute atomic E-state index is 17.2. The summed E-state index contributed by atoms with van der Waals surface area (Å²) in [5.41, 5.74) is -6.34. The van der Waals surface area contributed by atoms with E-state index in [1.54, 1.807) is 27.7 Å². The quantitative estimate of drug-likeness (QED) is 0.615. The number of rotatable bonds is 4. The number of alkyl halides is 2. The molecule has 0 bridgehead atoms. The van der Waals surface area contributed by atoms with Crippen LogP contribution >= 0.6 is 0 Å². The number of halogens is 2. The summed E-state index contributed by atoms with van der Waals surface area (Å²) >= 11 is 0. The predicted molar refractivity (Wildman–Crippen MR) is 114 cm³/mol. The van der Waals surface area contributed by atoms with E-state index in [1.165, 1.54) is 6.08 Å². The fraction of sp³-hybridized carbons (Fsp3) is 0.800. The van der Waals surface area contributed by atoms with Crippen LogP contribution in [0, 0.1) is 28.6 Å². The Kier molecular flexibility index (Phi) is 5.68. The van der Waals surface area contributed by atoms with Gasteiger partial charge in [0.1, 0.15) is 18.4 Å². The maximum atomic E-state index is 17.2. The van der Waals surface area contributed by atoms with Crippen molar-refractivity contribution >= 4 is 17.5 Å². The molecule has 3 saturated carbocycles. The lowest BCUT2D eigenvalue weighted by molar-refractivity contribution is -0.239. The molecule has 0 heterocycles. The van der Waals surface area contributed by atoms with E-state index in [4.69, 9.17) is 4.74 Å². The lowest BCUT2D eigenvalue weighted by atomic mass is 9.43.